The SMILES string of the molecule is CC(C)(C)COC(=O)Cc1cnc2c(c1)N(S(=O)(=O)c1ccc(F)cc1)CC(N1CCCC1=O)C2.CC(C)(C)COC(=O)Cc1cnc2c(c1)N(S(=O)(=O)c1ccc(F)cc1)C[C@@H](N1CCCC1=O)C2. The highest BCUT2D eigenvalue weighted by Gasteiger charge is 2.41. The Labute approximate surface area is 408 Å². The van der Waals surface area contributed by atoms with E-state index < -0.39 is 43.6 Å². The number of rotatable bonds is 12. The molecular formula is C50H60F2N6O10S2. The third kappa shape index (κ3) is 12.5. The van der Waals surface area contributed by atoms with Crippen molar-refractivity contribution in [2.45, 2.75) is 115 Å². The average molecular weight is 1010 g/mol. The van der Waals surface area contributed by atoms with Crippen LogP contribution in [0.5, 0.6) is 0 Å². The fourth-order valence-electron chi connectivity index (χ4n) is 8.62. The lowest BCUT2D eigenvalue weighted by atomic mass is 9.98. The number of benzene rings is 2. The molecule has 0 saturated carbocycles. The fraction of sp³-hybridized carbons (Fsp3) is 0.480. The molecular weight excluding hydrogens is 947 g/mol. The summed E-state index contributed by atoms with van der Waals surface area (Å²) in [4.78, 5) is 61.8. The van der Waals surface area contributed by atoms with E-state index in [0.717, 1.165) is 37.1 Å². The number of nitrogens with zero attached hydrogens (tertiary/aromatic N) is 6. The van der Waals surface area contributed by atoms with Gasteiger partial charge in [-0.25, -0.2) is 25.6 Å². The predicted molar refractivity (Wildman–Crippen MR) is 255 cm³/mol. The van der Waals surface area contributed by atoms with Crippen molar-refractivity contribution in [2.24, 2.45) is 10.8 Å². The van der Waals surface area contributed by atoms with Crippen molar-refractivity contribution in [1.82, 2.24) is 19.8 Å². The molecule has 2 aromatic carbocycles. The summed E-state index contributed by atoms with van der Waals surface area (Å²) in [5, 5.41) is 0. The first-order valence-electron chi connectivity index (χ1n) is 23.3. The van der Waals surface area contributed by atoms with Crippen molar-refractivity contribution in [3.05, 3.63) is 107 Å². The Hall–Kier alpha value is -6.02. The third-order valence-corrected chi connectivity index (χ3v) is 15.7. The zero-order valence-electron chi connectivity index (χ0n) is 40.3. The molecule has 2 aromatic heterocycles. The summed E-state index contributed by atoms with van der Waals surface area (Å²) in [5.74, 6) is -1.94. The summed E-state index contributed by atoms with van der Waals surface area (Å²) in [6.45, 7) is 13.5. The van der Waals surface area contributed by atoms with Crippen molar-refractivity contribution in [2.75, 3.05) is 48.0 Å². The first-order valence-corrected chi connectivity index (χ1v) is 26.2. The monoisotopic (exact) mass is 1010 g/mol. The maximum atomic E-state index is 13.6. The number of hydrogen-bond donors (Lipinski definition) is 0. The molecule has 70 heavy (non-hydrogen) atoms. The number of pyridine rings is 2. The number of fused-ring (bicyclic) bond motifs is 2. The van der Waals surface area contributed by atoms with Gasteiger partial charge in [0.05, 0.1) is 83.8 Å². The van der Waals surface area contributed by atoms with Crippen LogP contribution in [-0.4, -0.2) is 112 Å². The summed E-state index contributed by atoms with van der Waals surface area (Å²) >= 11 is 0. The van der Waals surface area contributed by atoms with Crippen molar-refractivity contribution >= 4 is 55.2 Å². The number of hydrogen-bond acceptors (Lipinski definition) is 12. The molecule has 2 amide bonds. The van der Waals surface area contributed by atoms with Gasteiger partial charge in [0, 0.05) is 51.2 Å². The molecule has 4 aliphatic rings. The maximum Gasteiger partial charge on any atom is 0.310 e. The molecule has 0 aliphatic carbocycles. The summed E-state index contributed by atoms with van der Waals surface area (Å²) in [5.41, 5.74) is 2.47. The number of esters is 2. The number of likely N-dealkylation sites (tertiary alicyclic amines) is 2. The molecule has 0 spiro atoms. The van der Waals surface area contributed by atoms with Crippen LogP contribution in [-0.2, 0) is 74.4 Å². The highest BCUT2D eigenvalue weighted by molar-refractivity contribution is 7.93. The molecule has 0 N–H and O–H groups in total. The number of halogens is 2. The van der Waals surface area contributed by atoms with Gasteiger partial charge in [-0.1, -0.05) is 41.5 Å². The van der Waals surface area contributed by atoms with Gasteiger partial charge in [0.25, 0.3) is 20.0 Å². The molecule has 16 nitrogen and oxygen atoms in total. The van der Waals surface area contributed by atoms with Crippen molar-refractivity contribution in [3.8, 4) is 0 Å². The van der Waals surface area contributed by atoms with Crippen LogP contribution in [0.25, 0.3) is 0 Å². The number of ether oxygens (including phenoxy) is 2. The Bertz CT molecular complexity index is 2640. The van der Waals surface area contributed by atoms with E-state index >= 15 is 0 Å². The largest absolute Gasteiger partial charge is 0.465 e. The Balaban J connectivity index is 0.000000206. The highest BCUT2D eigenvalue weighted by Crippen LogP contribution is 2.36. The highest BCUT2D eigenvalue weighted by atomic mass is 32.2. The molecule has 0 bridgehead atoms. The molecule has 376 valence electrons. The lowest BCUT2D eigenvalue weighted by Crippen LogP contribution is -2.51. The van der Waals surface area contributed by atoms with E-state index in [2.05, 4.69) is 9.97 Å². The maximum absolute atomic E-state index is 13.6. The topological polar surface area (TPSA) is 194 Å². The van der Waals surface area contributed by atoms with Gasteiger partial charge in [0.2, 0.25) is 11.8 Å². The normalized spacial score (nSPS) is 18.5. The lowest BCUT2D eigenvalue weighted by molar-refractivity contribution is -0.146. The first kappa shape index (κ1) is 51.8. The minimum atomic E-state index is -4.07. The molecule has 2 saturated heterocycles. The van der Waals surface area contributed by atoms with Crippen LogP contribution in [0.3, 0.4) is 0 Å². The molecule has 2 fully saturated rings. The van der Waals surface area contributed by atoms with Crippen molar-refractivity contribution < 1.29 is 54.3 Å². The zero-order valence-corrected chi connectivity index (χ0v) is 42.0. The van der Waals surface area contributed by atoms with Crippen LogP contribution < -0.4 is 8.61 Å². The number of sulfonamides is 2. The van der Waals surface area contributed by atoms with E-state index in [0.29, 0.717) is 72.7 Å². The predicted octanol–water partition coefficient (Wildman–Crippen LogP) is 6.19. The van der Waals surface area contributed by atoms with Crippen LogP contribution in [0.15, 0.2) is 82.8 Å². The van der Waals surface area contributed by atoms with Gasteiger partial charge in [-0.2, -0.15) is 0 Å². The van der Waals surface area contributed by atoms with E-state index in [1.54, 1.807) is 34.3 Å². The Morgan fingerprint density at radius 2 is 0.971 bits per heavy atom. The second kappa shape index (κ2) is 20.8. The molecule has 2 atom stereocenters. The van der Waals surface area contributed by atoms with Gasteiger partial charge in [0.15, 0.2) is 0 Å². The lowest BCUT2D eigenvalue weighted by Gasteiger charge is -2.38. The van der Waals surface area contributed by atoms with Crippen LogP contribution in [0, 0.1) is 22.5 Å². The van der Waals surface area contributed by atoms with E-state index in [1.165, 1.54) is 32.9 Å². The molecule has 20 heteroatoms. The Morgan fingerprint density at radius 1 is 0.614 bits per heavy atom. The quantitative estimate of drug-likeness (QED) is 0.146. The summed E-state index contributed by atoms with van der Waals surface area (Å²) < 4.78 is 94.6. The number of carbonyl (C=O) groups excluding carboxylic acids is 4. The first-order chi connectivity index (χ1) is 32.9. The average Bonchev–Trinajstić information content (AvgIpc) is 3.94. The molecule has 8 rings (SSSR count). The molecule has 0 radical (unpaired) electrons. The van der Waals surface area contributed by atoms with Gasteiger partial charge < -0.3 is 19.3 Å². The number of carbonyl (C=O) groups is 4. The number of aromatic nitrogens is 2. The van der Waals surface area contributed by atoms with Gasteiger partial charge in [0.1, 0.15) is 11.6 Å². The second-order valence-corrected chi connectivity index (χ2v) is 24.2. The minimum absolute atomic E-state index is 0.00389. The van der Waals surface area contributed by atoms with Gasteiger partial charge in [-0.15, -0.1) is 0 Å². The van der Waals surface area contributed by atoms with Crippen LogP contribution in [0.1, 0.15) is 89.7 Å². The van der Waals surface area contributed by atoms with Crippen LogP contribution in [0.4, 0.5) is 20.2 Å². The van der Waals surface area contributed by atoms with Crippen LogP contribution in [0.2, 0.25) is 0 Å². The molecule has 4 aliphatic heterocycles. The summed E-state index contributed by atoms with van der Waals surface area (Å²) in [6.07, 6.45) is 6.17. The van der Waals surface area contributed by atoms with Gasteiger partial charge >= 0.3 is 11.9 Å². The van der Waals surface area contributed by atoms with E-state index in [4.69, 9.17) is 9.47 Å². The van der Waals surface area contributed by atoms with Crippen molar-refractivity contribution in [3.63, 3.8) is 0 Å². The zero-order chi connectivity index (χ0) is 50.8. The fourth-order valence-corrected chi connectivity index (χ4v) is 11.7. The third-order valence-electron chi connectivity index (χ3n) is 12.1. The smallest absolute Gasteiger partial charge is 0.310 e. The Kier molecular flexibility index (Phi) is 15.4. The standard InChI is InChI=1S/2C25H30FN3O5S/c2*1-25(2,3)16-34-24(31)12-17-11-22-21(27-14-17)13-19(28-10-4-5-23(28)30)15-29(22)35(32,33)20-8-6-18(26)7-9-20/h2*6-9,11,14,19H,4-5,10,12-13,15-16H2,1-3H3/t19-;/m0./s1. The van der Waals surface area contributed by atoms with Crippen molar-refractivity contribution in [1.29, 1.82) is 0 Å². The van der Waals surface area contributed by atoms with E-state index in [1.807, 2.05) is 41.5 Å². The van der Waals surface area contributed by atoms with Gasteiger partial charge in [-0.05, 0) is 95.5 Å². The molecule has 4 aromatic rings. The Morgan fingerprint density at radius 3 is 1.29 bits per heavy atom. The minimum Gasteiger partial charge on any atom is -0.465 e. The second-order valence-electron chi connectivity index (χ2n) is 20.5. The molecule has 6 heterocycles. The molecule has 1 unspecified atom stereocenters. The van der Waals surface area contributed by atoms with E-state index in [9.17, 15) is 44.8 Å². The number of anilines is 2. The van der Waals surface area contributed by atoms with E-state index in [-0.39, 0.29) is 83.7 Å². The summed E-state index contributed by atoms with van der Waals surface area (Å²) in [7, 11) is -8.15. The summed E-state index contributed by atoms with van der Waals surface area (Å²) in [6, 6.07) is 11.8. The van der Waals surface area contributed by atoms with Gasteiger partial charge in [-0.3, -0.25) is 37.8 Å². The number of amides is 2. The van der Waals surface area contributed by atoms with Crippen LogP contribution >= 0.6 is 0 Å².